The Kier molecular flexibility index (Phi) is 4.69. The lowest BCUT2D eigenvalue weighted by molar-refractivity contribution is 0.0255. The third-order valence-electron chi connectivity index (χ3n) is 4.77. The maximum Gasteiger partial charge on any atom is 0.254 e. The number of ether oxygens (including phenoxy) is 1. The number of hydrogen-bond acceptors (Lipinski definition) is 2. The molecule has 1 aromatic carbocycles. The van der Waals surface area contributed by atoms with E-state index in [2.05, 4.69) is 51.1 Å². The van der Waals surface area contributed by atoms with Crippen molar-refractivity contribution in [2.45, 2.75) is 51.6 Å². The second-order valence-corrected chi connectivity index (χ2v) is 6.99. The van der Waals surface area contributed by atoms with E-state index in [0.29, 0.717) is 11.8 Å². The minimum absolute atomic E-state index is 0.0663. The summed E-state index contributed by atoms with van der Waals surface area (Å²) in [5, 5.41) is 0.179. The summed E-state index contributed by atoms with van der Waals surface area (Å²) in [5.74, 6) is 1.12. The second-order valence-electron chi connectivity index (χ2n) is 6.59. The maximum absolute atomic E-state index is 5.79. The van der Waals surface area contributed by atoms with Gasteiger partial charge in [0.1, 0.15) is 6.10 Å². The standard InChI is InChI=1S/C17H25NOS/c1-12-9-10-14(15(11-12)19-16(18)20)17(2,3)13-7-5-4-6-8-13/h4-8,12,14-15H,9-11H2,1-3H3,(H2,18,20)/t12-,14-,15-/m1/s1. The highest BCUT2D eigenvalue weighted by molar-refractivity contribution is 7.80. The predicted molar refractivity (Wildman–Crippen MR) is 87.6 cm³/mol. The number of hydrogen-bond donors (Lipinski definition) is 1. The molecule has 110 valence electrons. The number of rotatable bonds is 3. The van der Waals surface area contributed by atoms with Gasteiger partial charge in [-0.2, -0.15) is 0 Å². The van der Waals surface area contributed by atoms with Gasteiger partial charge in [-0.3, -0.25) is 0 Å². The molecule has 1 aromatic rings. The fourth-order valence-electron chi connectivity index (χ4n) is 3.52. The first-order valence-electron chi connectivity index (χ1n) is 7.43. The summed E-state index contributed by atoms with van der Waals surface area (Å²) in [6.45, 7) is 6.89. The van der Waals surface area contributed by atoms with E-state index in [4.69, 9.17) is 22.7 Å². The summed E-state index contributed by atoms with van der Waals surface area (Å²) in [6, 6.07) is 10.7. The molecular weight excluding hydrogens is 266 g/mol. The average Bonchev–Trinajstić information content (AvgIpc) is 2.39. The Morgan fingerprint density at radius 3 is 2.50 bits per heavy atom. The zero-order valence-corrected chi connectivity index (χ0v) is 13.5. The highest BCUT2D eigenvalue weighted by Gasteiger charge is 2.41. The van der Waals surface area contributed by atoms with Gasteiger partial charge in [0.05, 0.1) is 0 Å². The zero-order valence-electron chi connectivity index (χ0n) is 12.6. The molecule has 0 aliphatic heterocycles. The molecule has 2 nitrogen and oxygen atoms in total. The lowest BCUT2D eigenvalue weighted by Crippen LogP contribution is -2.44. The van der Waals surface area contributed by atoms with Crippen LogP contribution in [0.2, 0.25) is 0 Å². The van der Waals surface area contributed by atoms with Gasteiger partial charge in [-0.05, 0) is 42.0 Å². The van der Waals surface area contributed by atoms with E-state index in [0.717, 1.165) is 12.8 Å². The summed E-state index contributed by atoms with van der Waals surface area (Å²) in [5.41, 5.74) is 7.05. The van der Waals surface area contributed by atoms with Crippen LogP contribution in [0.4, 0.5) is 0 Å². The second kappa shape index (κ2) is 6.13. The molecule has 2 N–H and O–H groups in total. The highest BCUT2D eigenvalue weighted by atomic mass is 32.1. The summed E-state index contributed by atoms with van der Waals surface area (Å²) in [6.07, 6.45) is 3.58. The van der Waals surface area contributed by atoms with Crippen molar-refractivity contribution in [3.05, 3.63) is 35.9 Å². The van der Waals surface area contributed by atoms with Crippen molar-refractivity contribution in [3.8, 4) is 0 Å². The van der Waals surface area contributed by atoms with Gasteiger partial charge in [-0.25, -0.2) is 0 Å². The topological polar surface area (TPSA) is 35.2 Å². The van der Waals surface area contributed by atoms with E-state index >= 15 is 0 Å². The van der Waals surface area contributed by atoms with Gasteiger partial charge in [-0.1, -0.05) is 57.5 Å². The Hall–Kier alpha value is -1.09. The molecule has 20 heavy (non-hydrogen) atoms. The normalized spacial score (nSPS) is 27.1. The SMILES string of the molecule is C[C@@H]1CC[C@@H](C(C)(C)c2ccccc2)[C@H](OC(N)=S)C1. The monoisotopic (exact) mass is 291 g/mol. The fourth-order valence-corrected chi connectivity index (χ4v) is 3.64. The Morgan fingerprint density at radius 2 is 1.90 bits per heavy atom. The van der Waals surface area contributed by atoms with Crippen molar-refractivity contribution >= 4 is 17.4 Å². The molecule has 1 aliphatic rings. The highest BCUT2D eigenvalue weighted by Crippen LogP contribution is 2.43. The van der Waals surface area contributed by atoms with Crippen molar-refractivity contribution in [1.82, 2.24) is 0 Å². The van der Waals surface area contributed by atoms with E-state index in [1.54, 1.807) is 0 Å². The van der Waals surface area contributed by atoms with Crippen LogP contribution in [0.15, 0.2) is 30.3 Å². The van der Waals surface area contributed by atoms with E-state index in [-0.39, 0.29) is 16.7 Å². The van der Waals surface area contributed by atoms with Crippen LogP contribution in [0.1, 0.15) is 45.6 Å². The average molecular weight is 291 g/mol. The Labute approximate surface area is 127 Å². The van der Waals surface area contributed by atoms with Gasteiger partial charge in [0.15, 0.2) is 0 Å². The smallest absolute Gasteiger partial charge is 0.254 e. The van der Waals surface area contributed by atoms with Crippen LogP contribution >= 0.6 is 12.2 Å². The Bertz CT molecular complexity index is 457. The number of benzene rings is 1. The van der Waals surface area contributed by atoms with Crippen LogP contribution in [0.3, 0.4) is 0 Å². The van der Waals surface area contributed by atoms with Gasteiger partial charge in [0.25, 0.3) is 5.17 Å². The molecule has 0 radical (unpaired) electrons. The minimum atomic E-state index is 0.0663. The van der Waals surface area contributed by atoms with Crippen LogP contribution in [0, 0.1) is 11.8 Å². The quantitative estimate of drug-likeness (QED) is 0.854. The van der Waals surface area contributed by atoms with Crippen LogP contribution in [-0.2, 0) is 10.2 Å². The molecule has 2 rings (SSSR count). The minimum Gasteiger partial charge on any atom is -0.468 e. The van der Waals surface area contributed by atoms with Gasteiger partial charge >= 0.3 is 0 Å². The van der Waals surface area contributed by atoms with Crippen molar-refractivity contribution in [1.29, 1.82) is 0 Å². The molecule has 0 saturated heterocycles. The maximum atomic E-state index is 5.79. The molecule has 1 fully saturated rings. The van der Waals surface area contributed by atoms with E-state index in [9.17, 15) is 0 Å². The van der Waals surface area contributed by atoms with Crippen molar-refractivity contribution in [3.63, 3.8) is 0 Å². The van der Waals surface area contributed by atoms with Crippen LogP contribution in [-0.4, -0.2) is 11.3 Å². The van der Waals surface area contributed by atoms with Crippen LogP contribution in [0.25, 0.3) is 0 Å². The third kappa shape index (κ3) is 3.32. The molecule has 3 heteroatoms. The lowest BCUT2D eigenvalue weighted by atomic mass is 9.64. The predicted octanol–water partition coefficient (Wildman–Crippen LogP) is 4.03. The number of nitrogens with two attached hydrogens (primary N) is 1. The molecule has 0 heterocycles. The third-order valence-corrected chi connectivity index (χ3v) is 4.86. The summed E-state index contributed by atoms with van der Waals surface area (Å²) in [7, 11) is 0. The molecule has 0 spiro atoms. The first-order chi connectivity index (χ1) is 9.41. The van der Waals surface area contributed by atoms with E-state index in [1.807, 2.05) is 0 Å². The molecular formula is C17H25NOS. The fraction of sp³-hybridized carbons (Fsp3) is 0.588. The largest absolute Gasteiger partial charge is 0.468 e. The molecule has 1 aliphatic carbocycles. The molecule has 0 bridgehead atoms. The molecule has 0 amide bonds. The number of thiocarbonyl (C=S) groups is 1. The molecule has 0 aromatic heterocycles. The lowest BCUT2D eigenvalue weighted by Gasteiger charge is -2.44. The van der Waals surface area contributed by atoms with Crippen LogP contribution < -0.4 is 5.73 Å². The van der Waals surface area contributed by atoms with Gasteiger partial charge < -0.3 is 10.5 Å². The molecule has 3 atom stereocenters. The molecule has 0 unspecified atom stereocenters. The summed E-state index contributed by atoms with van der Waals surface area (Å²) in [4.78, 5) is 0. The summed E-state index contributed by atoms with van der Waals surface area (Å²) >= 11 is 4.96. The Balaban J connectivity index is 2.25. The summed E-state index contributed by atoms with van der Waals surface area (Å²) < 4.78 is 5.79. The van der Waals surface area contributed by atoms with E-state index < -0.39 is 0 Å². The van der Waals surface area contributed by atoms with Crippen molar-refractivity contribution in [2.75, 3.05) is 0 Å². The van der Waals surface area contributed by atoms with Crippen molar-refractivity contribution in [2.24, 2.45) is 17.6 Å². The molecule has 1 saturated carbocycles. The van der Waals surface area contributed by atoms with Crippen molar-refractivity contribution < 1.29 is 4.74 Å². The van der Waals surface area contributed by atoms with Gasteiger partial charge in [0.2, 0.25) is 0 Å². The zero-order chi connectivity index (χ0) is 14.8. The van der Waals surface area contributed by atoms with Gasteiger partial charge in [0, 0.05) is 5.92 Å². The van der Waals surface area contributed by atoms with Crippen LogP contribution in [0.5, 0.6) is 0 Å². The van der Waals surface area contributed by atoms with Gasteiger partial charge in [-0.15, -0.1) is 0 Å². The van der Waals surface area contributed by atoms with E-state index in [1.165, 1.54) is 12.0 Å². The Morgan fingerprint density at radius 1 is 1.25 bits per heavy atom. The first kappa shape index (κ1) is 15.3. The first-order valence-corrected chi connectivity index (χ1v) is 7.83.